The summed E-state index contributed by atoms with van der Waals surface area (Å²) in [6.45, 7) is 6.12. The topological polar surface area (TPSA) is 43.3 Å². The Bertz CT molecular complexity index is 590. The smallest absolute Gasteiger partial charge is 0.338 e. The van der Waals surface area contributed by atoms with Crippen LogP contribution in [-0.4, -0.2) is 17.1 Å². The summed E-state index contributed by atoms with van der Waals surface area (Å²) in [4.78, 5) is 11.7. The molecule has 0 aliphatic rings. The van der Waals surface area contributed by atoms with Crippen molar-refractivity contribution < 1.29 is 9.53 Å². The Morgan fingerprint density at radius 2 is 2.10 bits per heavy atom. The highest BCUT2D eigenvalue weighted by Gasteiger charge is 2.07. The van der Waals surface area contributed by atoms with Gasteiger partial charge in [0.2, 0.25) is 0 Å². The van der Waals surface area contributed by atoms with E-state index in [1.165, 1.54) is 5.69 Å². The lowest BCUT2D eigenvalue weighted by atomic mass is 10.2. The SMILES string of the molecule is CCCn1cccc1CNc1cccc(C(=O)OCC)c1. The number of nitrogens with one attached hydrogen (secondary N) is 1. The minimum absolute atomic E-state index is 0.282. The van der Waals surface area contributed by atoms with Crippen molar-refractivity contribution in [2.75, 3.05) is 11.9 Å². The van der Waals surface area contributed by atoms with Gasteiger partial charge in [-0.2, -0.15) is 0 Å². The molecule has 0 atom stereocenters. The van der Waals surface area contributed by atoms with Gasteiger partial charge >= 0.3 is 5.97 Å². The van der Waals surface area contributed by atoms with E-state index in [1.54, 1.807) is 6.07 Å². The Kier molecular flexibility index (Phi) is 5.43. The molecule has 0 amide bonds. The van der Waals surface area contributed by atoms with Gasteiger partial charge in [-0.15, -0.1) is 0 Å². The van der Waals surface area contributed by atoms with E-state index in [9.17, 15) is 4.79 Å². The lowest BCUT2D eigenvalue weighted by Crippen LogP contribution is -2.08. The second kappa shape index (κ2) is 7.53. The third kappa shape index (κ3) is 4.12. The molecule has 4 nitrogen and oxygen atoms in total. The van der Waals surface area contributed by atoms with Gasteiger partial charge < -0.3 is 14.6 Å². The number of hydrogen-bond donors (Lipinski definition) is 1. The van der Waals surface area contributed by atoms with Crippen LogP contribution >= 0.6 is 0 Å². The molecule has 0 fully saturated rings. The second-order valence-corrected chi connectivity index (χ2v) is 4.85. The predicted molar refractivity (Wildman–Crippen MR) is 84.4 cm³/mol. The van der Waals surface area contributed by atoms with Crippen molar-refractivity contribution in [1.29, 1.82) is 0 Å². The molecule has 0 unspecified atom stereocenters. The van der Waals surface area contributed by atoms with Crippen molar-refractivity contribution in [3.8, 4) is 0 Å². The van der Waals surface area contributed by atoms with E-state index in [1.807, 2.05) is 25.1 Å². The summed E-state index contributed by atoms with van der Waals surface area (Å²) in [6, 6.07) is 11.6. The number of aryl methyl sites for hydroxylation is 1. The molecule has 0 saturated heterocycles. The van der Waals surface area contributed by atoms with Crippen LogP contribution < -0.4 is 5.32 Å². The maximum absolute atomic E-state index is 11.7. The third-order valence-electron chi connectivity index (χ3n) is 3.24. The van der Waals surface area contributed by atoms with Gasteiger partial charge in [0.1, 0.15) is 0 Å². The monoisotopic (exact) mass is 286 g/mol. The lowest BCUT2D eigenvalue weighted by Gasteiger charge is -2.11. The van der Waals surface area contributed by atoms with Gasteiger partial charge in [-0.3, -0.25) is 0 Å². The molecular formula is C17H22N2O2. The molecule has 0 bridgehead atoms. The van der Waals surface area contributed by atoms with Crippen molar-refractivity contribution >= 4 is 11.7 Å². The molecule has 2 rings (SSSR count). The normalized spacial score (nSPS) is 10.4. The van der Waals surface area contributed by atoms with Crippen molar-refractivity contribution in [3.05, 3.63) is 53.9 Å². The molecule has 1 N–H and O–H groups in total. The maximum Gasteiger partial charge on any atom is 0.338 e. The van der Waals surface area contributed by atoms with Crippen molar-refractivity contribution in [1.82, 2.24) is 4.57 Å². The summed E-state index contributed by atoms with van der Waals surface area (Å²) in [5.74, 6) is -0.282. The fourth-order valence-corrected chi connectivity index (χ4v) is 2.23. The van der Waals surface area contributed by atoms with Crippen LogP contribution in [0.15, 0.2) is 42.6 Å². The van der Waals surface area contributed by atoms with Gasteiger partial charge in [0.25, 0.3) is 0 Å². The molecule has 1 aromatic heterocycles. The highest BCUT2D eigenvalue weighted by molar-refractivity contribution is 5.90. The predicted octanol–water partition coefficient (Wildman–Crippen LogP) is 3.69. The lowest BCUT2D eigenvalue weighted by molar-refractivity contribution is 0.0526. The number of ether oxygens (including phenoxy) is 1. The number of anilines is 1. The van der Waals surface area contributed by atoms with Crippen LogP contribution in [0.4, 0.5) is 5.69 Å². The molecular weight excluding hydrogens is 264 g/mol. The molecule has 0 aliphatic heterocycles. The van der Waals surface area contributed by atoms with Crippen molar-refractivity contribution in [2.24, 2.45) is 0 Å². The Morgan fingerprint density at radius 1 is 1.24 bits per heavy atom. The molecule has 2 aromatic rings. The van der Waals surface area contributed by atoms with Crippen LogP contribution in [0.3, 0.4) is 0 Å². The van der Waals surface area contributed by atoms with E-state index in [-0.39, 0.29) is 5.97 Å². The van der Waals surface area contributed by atoms with E-state index in [0.717, 1.165) is 25.2 Å². The zero-order chi connectivity index (χ0) is 15.1. The average Bonchev–Trinajstić information content (AvgIpc) is 2.93. The van der Waals surface area contributed by atoms with Gasteiger partial charge in [-0.1, -0.05) is 13.0 Å². The number of hydrogen-bond acceptors (Lipinski definition) is 3. The Balaban J connectivity index is 2.01. The Morgan fingerprint density at radius 3 is 2.86 bits per heavy atom. The Hall–Kier alpha value is -2.23. The molecule has 112 valence electrons. The molecule has 0 aliphatic carbocycles. The minimum atomic E-state index is -0.282. The van der Waals surface area contributed by atoms with Crippen LogP contribution in [0.5, 0.6) is 0 Å². The van der Waals surface area contributed by atoms with Crippen molar-refractivity contribution in [3.63, 3.8) is 0 Å². The van der Waals surface area contributed by atoms with Crippen LogP contribution in [-0.2, 0) is 17.8 Å². The third-order valence-corrected chi connectivity index (χ3v) is 3.24. The first-order valence-corrected chi connectivity index (χ1v) is 7.39. The first-order valence-electron chi connectivity index (χ1n) is 7.39. The second-order valence-electron chi connectivity index (χ2n) is 4.85. The summed E-state index contributed by atoms with van der Waals surface area (Å²) in [5.41, 5.74) is 2.73. The van der Waals surface area contributed by atoms with Gasteiger partial charge in [-0.05, 0) is 43.7 Å². The fourth-order valence-electron chi connectivity index (χ4n) is 2.23. The summed E-state index contributed by atoms with van der Waals surface area (Å²) < 4.78 is 7.25. The largest absolute Gasteiger partial charge is 0.462 e. The molecule has 21 heavy (non-hydrogen) atoms. The summed E-state index contributed by atoms with van der Waals surface area (Å²) in [6.07, 6.45) is 3.20. The zero-order valence-corrected chi connectivity index (χ0v) is 12.6. The number of aromatic nitrogens is 1. The summed E-state index contributed by atoms with van der Waals surface area (Å²) in [7, 11) is 0. The van der Waals surface area contributed by atoms with Crippen molar-refractivity contribution in [2.45, 2.75) is 33.4 Å². The molecule has 0 saturated carbocycles. The summed E-state index contributed by atoms with van der Waals surface area (Å²) in [5, 5.41) is 3.35. The van der Waals surface area contributed by atoms with Gasteiger partial charge in [0.05, 0.1) is 18.7 Å². The van der Waals surface area contributed by atoms with Gasteiger partial charge in [0.15, 0.2) is 0 Å². The number of esters is 1. The molecule has 0 radical (unpaired) electrons. The molecule has 0 spiro atoms. The average molecular weight is 286 g/mol. The summed E-state index contributed by atoms with van der Waals surface area (Å²) >= 11 is 0. The van der Waals surface area contributed by atoms with Gasteiger partial charge in [-0.25, -0.2) is 4.79 Å². The van der Waals surface area contributed by atoms with Crippen LogP contribution in [0.2, 0.25) is 0 Å². The molecule has 4 heteroatoms. The highest BCUT2D eigenvalue weighted by atomic mass is 16.5. The fraction of sp³-hybridized carbons (Fsp3) is 0.353. The van der Waals surface area contributed by atoms with E-state index < -0.39 is 0 Å². The molecule has 1 heterocycles. The van der Waals surface area contributed by atoms with Crippen LogP contribution in [0.1, 0.15) is 36.3 Å². The van der Waals surface area contributed by atoms with E-state index in [4.69, 9.17) is 4.74 Å². The number of rotatable bonds is 7. The number of carbonyl (C=O) groups is 1. The highest BCUT2D eigenvalue weighted by Crippen LogP contribution is 2.14. The van der Waals surface area contributed by atoms with Gasteiger partial charge in [0, 0.05) is 24.1 Å². The quantitative estimate of drug-likeness (QED) is 0.789. The van der Waals surface area contributed by atoms with E-state index in [0.29, 0.717) is 12.2 Å². The van der Waals surface area contributed by atoms with E-state index in [2.05, 4.69) is 35.1 Å². The first kappa shape index (κ1) is 15.2. The van der Waals surface area contributed by atoms with Crippen LogP contribution in [0, 0.1) is 0 Å². The number of carbonyl (C=O) groups excluding carboxylic acids is 1. The standard InChI is InChI=1S/C17H22N2O2/c1-3-10-19-11-6-9-16(19)13-18-15-8-5-7-14(12-15)17(20)21-4-2/h5-9,11-12,18H,3-4,10,13H2,1-2H3. The number of benzene rings is 1. The first-order chi connectivity index (χ1) is 10.2. The van der Waals surface area contributed by atoms with Crippen LogP contribution in [0.25, 0.3) is 0 Å². The number of nitrogens with zero attached hydrogens (tertiary/aromatic N) is 1. The molecule has 1 aromatic carbocycles. The minimum Gasteiger partial charge on any atom is -0.462 e. The maximum atomic E-state index is 11.7. The van der Waals surface area contributed by atoms with E-state index >= 15 is 0 Å². The Labute approximate surface area is 125 Å². The zero-order valence-electron chi connectivity index (χ0n) is 12.6.